The quantitative estimate of drug-likeness (QED) is 0.432. The van der Waals surface area contributed by atoms with Gasteiger partial charge in [-0.1, -0.05) is 0 Å². The molecule has 1 rings (SSSR count). The Kier molecular flexibility index (Phi) is 1.69. The number of aliphatic hydroxyl groups is 3. The van der Waals surface area contributed by atoms with Gasteiger partial charge in [0.15, 0.2) is 5.76 Å². The number of ether oxygens (including phenoxy) is 1. The van der Waals surface area contributed by atoms with Crippen molar-refractivity contribution >= 4 is 5.97 Å². The Balaban J connectivity index is 3.12. The van der Waals surface area contributed by atoms with E-state index in [1.165, 1.54) is 0 Å². The summed E-state index contributed by atoms with van der Waals surface area (Å²) in [6, 6.07) is 0. The van der Waals surface area contributed by atoms with Crippen molar-refractivity contribution < 1.29 is 30.0 Å². The first kappa shape index (κ1) is 8.41. The topological polar surface area (TPSA) is 107 Å². The maximum atomic E-state index is 10.3. The lowest BCUT2D eigenvalue weighted by Gasteiger charge is -2.24. The first-order chi connectivity index (χ1) is 5.48. The first-order valence-corrected chi connectivity index (χ1v) is 2.91. The lowest BCUT2D eigenvalue weighted by Crippen LogP contribution is -2.44. The SMILES string of the molecule is O=C(O)C1(O)OC=CC(O)=C1O. The average molecular weight is 174 g/mol. The number of aliphatic hydroxyl groups excluding tert-OH is 2. The molecule has 66 valence electrons. The van der Waals surface area contributed by atoms with Gasteiger partial charge in [-0.2, -0.15) is 0 Å². The van der Waals surface area contributed by atoms with Gasteiger partial charge < -0.3 is 25.2 Å². The van der Waals surface area contributed by atoms with Gasteiger partial charge in [-0.15, -0.1) is 0 Å². The van der Waals surface area contributed by atoms with E-state index in [9.17, 15) is 4.79 Å². The average Bonchev–Trinajstić information content (AvgIpc) is 2.00. The van der Waals surface area contributed by atoms with Gasteiger partial charge in [-0.05, 0) is 0 Å². The third kappa shape index (κ3) is 0.978. The van der Waals surface area contributed by atoms with E-state index in [0.717, 1.165) is 12.3 Å². The van der Waals surface area contributed by atoms with Crippen LogP contribution in [0.4, 0.5) is 0 Å². The molecule has 0 aromatic heterocycles. The van der Waals surface area contributed by atoms with Crippen LogP contribution in [0.15, 0.2) is 23.9 Å². The lowest BCUT2D eigenvalue weighted by atomic mass is 10.2. The fourth-order valence-electron chi connectivity index (χ4n) is 0.657. The van der Waals surface area contributed by atoms with Crippen LogP contribution < -0.4 is 0 Å². The predicted molar refractivity (Wildman–Crippen MR) is 35.1 cm³/mol. The molecule has 6 heteroatoms. The zero-order valence-electron chi connectivity index (χ0n) is 5.76. The van der Waals surface area contributed by atoms with Crippen molar-refractivity contribution in [2.24, 2.45) is 0 Å². The molecule has 1 unspecified atom stereocenters. The second kappa shape index (κ2) is 2.42. The molecular weight excluding hydrogens is 168 g/mol. The molecule has 0 saturated heterocycles. The first-order valence-electron chi connectivity index (χ1n) is 2.91. The second-order valence-corrected chi connectivity index (χ2v) is 2.10. The van der Waals surface area contributed by atoms with Crippen LogP contribution in [0.5, 0.6) is 0 Å². The molecule has 6 nitrogen and oxygen atoms in total. The van der Waals surface area contributed by atoms with Gasteiger partial charge >= 0.3 is 11.8 Å². The minimum atomic E-state index is -2.88. The Morgan fingerprint density at radius 3 is 2.50 bits per heavy atom. The smallest absolute Gasteiger partial charge is 0.386 e. The van der Waals surface area contributed by atoms with Gasteiger partial charge in [0, 0.05) is 6.08 Å². The maximum Gasteiger partial charge on any atom is 0.386 e. The number of carbonyl (C=O) groups is 1. The molecule has 0 fully saturated rings. The van der Waals surface area contributed by atoms with E-state index in [1.807, 2.05) is 0 Å². The summed E-state index contributed by atoms with van der Waals surface area (Å²) in [7, 11) is 0. The van der Waals surface area contributed by atoms with Crippen molar-refractivity contribution in [3.05, 3.63) is 23.9 Å². The van der Waals surface area contributed by atoms with Gasteiger partial charge in [0.1, 0.15) is 0 Å². The fourth-order valence-corrected chi connectivity index (χ4v) is 0.657. The zero-order chi connectivity index (χ0) is 9.35. The van der Waals surface area contributed by atoms with Crippen LogP contribution in [0.3, 0.4) is 0 Å². The highest BCUT2D eigenvalue weighted by Crippen LogP contribution is 2.24. The molecule has 1 aliphatic rings. The summed E-state index contributed by atoms with van der Waals surface area (Å²) in [5, 5.41) is 35.1. The van der Waals surface area contributed by atoms with Crippen molar-refractivity contribution in [2.45, 2.75) is 5.79 Å². The third-order valence-corrected chi connectivity index (χ3v) is 1.32. The zero-order valence-corrected chi connectivity index (χ0v) is 5.76. The molecule has 0 aromatic rings. The van der Waals surface area contributed by atoms with Crippen LogP contribution >= 0.6 is 0 Å². The van der Waals surface area contributed by atoms with Crippen molar-refractivity contribution in [1.82, 2.24) is 0 Å². The van der Waals surface area contributed by atoms with Gasteiger partial charge in [0.25, 0.3) is 0 Å². The standard InChI is InChI=1S/C6H6O6/c7-3-1-2-12-6(11,4(3)8)5(9)10/h1-2,7-8,11H,(H,9,10). The molecule has 0 saturated carbocycles. The van der Waals surface area contributed by atoms with Crippen molar-refractivity contribution in [1.29, 1.82) is 0 Å². The van der Waals surface area contributed by atoms with Crippen LogP contribution in [0.1, 0.15) is 0 Å². The molecule has 0 aromatic carbocycles. The molecule has 4 N–H and O–H groups in total. The molecule has 0 spiro atoms. The summed E-state index contributed by atoms with van der Waals surface area (Å²) in [4.78, 5) is 10.3. The number of hydrogen-bond acceptors (Lipinski definition) is 5. The van der Waals surface area contributed by atoms with E-state index in [4.69, 9.17) is 20.4 Å². The Hall–Kier alpha value is -1.69. The largest absolute Gasteiger partial charge is 0.504 e. The Morgan fingerprint density at radius 1 is 1.50 bits per heavy atom. The summed E-state index contributed by atoms with van der Waals surface area (Å²) in [6.07, 6.45) is 1.68. The summed E-state index contributed by atoms with van der Waals surface area (Å²) < 4.78 is 4.22. The minimum Gasteiger partial charge on any atom is -0.504 e. The summed E-state index contributed by atoms with van der Waals surface area (Å²) in [5.74, 6) is -6.57. The van der Waals surface area contributed by atoms with Crippen molar-refractivity contribution in [3.8, 4) is 0 Å². The monoisotopic (exact) mass is 174 g/mol. The molecule has 12 heavy (non-hydrogen) atoms. The van der Waals surface area contributed by atoms with Crippen LogP contribution in [-0.2, 0) is 9.53 Å². The molecular formula is C6H6O6. The highest BCUT2D eigenvalue weighted by molar-refractivity contribution is 5.79. The van der Waals surface area contributed by atoms with Gasteiger partial charge in [0.2, 0.25) is 5.76 Å². The molecule has 0 aliphatic carbocycles. The highest BCUT2D eigenvalue weighted by atomic mass is 16.7. The Bertz CT molecular complexity index is 278. The maximum absolute atomic E-state index is 10.3. The number of carboxylic acid groups (broad SMARTS) is 1. The van der Waals surface area contributed by atoms with E-state index in [0.29, 0.717) is 0 Å². The number of aliphatic carboxylic acids is 1. The van der Waals surface area contributed by atoms with Crippen LogP contribution in [0.25, 0.3) is 0 Å². The summed E-state index contributed by atoms with van der Waals surface area (Å²) in [5.41, 5.74) is 0. The molecule has 1 heterocycles. The molecule has 0 bridgehead atoms. The van der Waals surface area contributed by atoms with Crippen LogP contribution in [0.2, 0.25) is 0 Å². The predicted octanol–water partition coefficient (Wildman–Crippen LogP) is -0.369. The van der Waals surface area contributed by atoms with Gasteiger partial charge in [-0.25, -0.2) is 4.79 Å². The molecule has 1 aliphatic heterocycles. The number of hydrogen-bond donors (Lipinski definition) is 4. The van der Waals surface area contributed by atoms with Crippen LogP contribution in [0, 0.1) is 0 Å². The molecule has 0 amide bonds. The Morgan fingerprint density at radius 2 is 2.08 bits per heavy atom. The number of rotatable bonds is 1. The summed E-state index contributed by atoms with van der Waals surface area (Å²) in [6.45, 7) is 0. The normalized spacial score (nSPS) is 28.4. The van der Waals surface area contributed by atoms with Gasteiger partial charge in [-0.3, -0.25) is 0 Å². The number of allylic oxidation sites excluding steroid dienone is 1. The highest BCUT2D eigenvalue weighted by Gasteiger charge is 2.46. The Labute approximate surface area is 66.6 Å². The van der Waals surface area contributed by atoms with E-state index in [1.54, 1.807) is 0 Å². The van der Waals surface area contributed by atoms with Gasteiger partial charge in [0.05, 0.1) is 6.26 Å². The van der Waals surface area contributed by atoms with E-state index < -0.39 is 23.3 Å². The van der Waals surface area contributed by atoms with Crippen molar-refractivity contribution in [2.75, 3.05) is 0 Å². The van der Waals surface area contributed by atoms with Crippen molar-refractivity contribution in [3.63, 3.8) is 0 Å². The molecule has 1 atom stereocenters. The second-order valence-electron chi connectivity index (χ2n) is 2.10. The fraction of sp³-hybridized carbons (Fsp3) is 0.167. The molecule has 0 radical (unpaired) electrons. The summed E-state index contributed by atoms with van der Waals surface area (Å²) >= 11 is 0. The van der Waals surface area contributed by atoms with E-state index in [-0.39, 0.29) is 0 Å². The minimum absolute atomic E-state index is 0.744. The van der Waals surface area contributed by atoms with Crippen LogP contribution in [-0.4, -0.2) is 32.2 Å². The number of carboxylic acids is 1. The lowest BCUT2D eigenvalue weighted by molar-refractivity contribution is -0.203. The third-order valence-electron chi connectivity index (χ3n) is 1.32. The van der Waals surface area contributed by atoms with E-state index >= 15 is 0 Å². The van der Waals surface area contributed by atoms with E-state index in [2.05, 4.69) is 4.74 Å².